The molecule has 1 aromatic carbocycles. The molecule has 2 fully saturated rings. The summed E-state index contributed by atoms with van der Waals surface area (Å²) >= 11 is 6.68. The topological polar surface area (TPSA) is 57.6 Å². The molecule has 1 N–H and O–H groups in total. The number of aliphatic carboxylic acids is 1. The number of hydrogen-bond donors (Lipinski definition) is 1. The number of benzene rings is 1. The standard InChI is InChI=1S/C27H34ClF2NO3/c1-25(2,3)8-7-16-5-6-19(11-22(16)28)26(4)14-23(32)31(20-12-27(29,30)13-20)15-21(26)17-9-18(10-17)24(33)34/h5-6,11,15,17-18,20H,7-10,12-14H2,1-4H3,(H,33,34)/t17?,18?,26-/m0/s1. The SMILES string of the molecule is CC(C)(C)CCc1ccc([C@]2(C)CC(=O)N(C3CC(F)(F)C3)C=C2C2CC(C(=O)O)C2)cc1Cl. The average molecular weight is 494 g/mol. The van der Waals surface area contributed by atoms with Crippen molar-refractivity contribution in [3.8, 4) is 0 Å². The molecule has 7 heteroatoms. The molecule has 0 saturated heterocycles. The van der Waals surface area contributed by atoms with E-state index in [-0.39, 0.29) is 36.5 Å². The van der Waals surface area contributed by atoms with Crippen molar-refractivity contribution in [2.75, 3.05) is 0 Å². The molecule has 1 atom stereocenters. The summed E-state index contributed by atoms with van der Waals surface area (Å²) in [4.78, 5) is 26.1. The van der Waals surface area contributed by atoms with Gasteiger partial charge in [-0.2, -0.15) is 0 Å². The minimum atomic E-state index is -2.72. The van der Waals surface area contributed by atoms with Crippen molar-refractivity contribution in [2.45, 2.75) is 90.0 Å². The predicted octanol–water partition coefficient (Wildman–Crippen LogP) is 6.60. The van der Waals surface area contributed by atoms with E-state index in [4.69, 9.17) is 11.6 Å². The van der Waals surface area contributed by atoms with Gasteiger partial charge in [0.05, 0.1) is 5.92 Å². The highest BCUT2D eigenvalue weighted by molar-refractivity contribution is 6.31. The summed E-state index contributed by atoms with van der Waals surface area (Å²) in [6.07, 6.45) is 4.11. The van der Waals surface area contributed by atoms with Crippen LogP contribution in [0.5, 0.6) is 0 Å². The van der Waals surface area contributed by atoms with Gasteiger partial charge in [-0.1, -0.05) is 51.4 Å². The molecule has 186 valence electrons. The first kappa shape index (κ1) is 25.2. The maximum absolute atomic E-state index is 13.5. The number of alkyl halides is 2. The number of carbonyl (C=O) groups is 2. The molecule has 0 bridgehead atoms. The van der Waals surface area contributed by atoms with Gasteiger partial charge < -0.3 is 10.0 Å². The fraction of sp³-hybridized carbons (Fsp3) is 0.630. The van der Waals surface area contributed by atoms with Gasteiger partial charge in [-0.15, -0.1) is 0 Å². The first-order valence-corrected chi connectivity index (χ1v) is 12.5. The highest BCUT2D eigenvalue weighted by Crippen LogP contribution is 2.52. The smallest absolute Gasteiger partial charge is 0.306 e. The van der Waals surface area contributed by atoms with Crippen LogP contribution in [0.1, 0.15) is 77.3 Å². The van der Waals surface area contributed by atoms with Crippen LogP contribution >= 0.6 is 11.6 Å². The van der Waals surface area contributed by atoms with Gasteiger partial charge in [-0.05, 0) is 59.8 Å². The van der Waals surface area contributed by atoms with Crippen LogP contribution in [-0.4, -0.2) is 33.8 Å². The number of halogens is 3. The second-order valence-corrected chi connectivity index (χ2v) is 12.3. The third-order valence-corrected chi connectivity index (χ3v) is 8.28. The molecular weight excluding hydrogens is 460 g/mol. The van der Waals surface area contributed by atoms with E-state index >= 15 is 0 Å². The van der Waals surface area contributed by atoms with Gasteiger partial charge in [0.25, 0.3) is 5.92 Å². The van der Waals surface area contributed by atoms with Crippen molar-refractivity contribution in [1.29, 1.82) is 0 Å². The number of aryl methyl sites for hydroxylation is 1. The van der Waals surface area contributed by atoms with E-state index in [2.05, 4.69) is 20.8 Å². The maximum atomic E-state index is 13.5. The average Bonchev–Trinajstić information content (AvgIpc) is 2.64. The van der Waals surface area contributed by atoms with Crippen LogP contribution in [0.4, 0.5) is 8.78 Å². The number of hydrogen-bond acceptors (Lipinski definition) is 2. The lowest BCUT2D eigenvalue weighted by atomic mass is 9.60. The molecule has 4 nitrogen and oxygen atoms in total. The summed E-state index contributed by atoms with van der Waals surface area (Å²) in [5.41, 5.74) is 2.46. The van der Waals surface area contributed by atoms with E-state index in [0.717, 1.165) is 29.5 Å². The van der Waals surface area contributed by atoms with Crippen molar-refractivity contribution in [2.24, 2.45) is 17.3 Å². The summed E-state index contributed by atoms with van der Waals surface area (Å²) in [6, 6.07) is 5.48. The van der Waals surface area contributed by atoms with Gasteiger partial charge in [-0.25, -0.2) is 8.78 Å². The van der Waals surface area contributed by atoms with E-state index in [1.165, 1.54) is 4.90 Å². The Hall–Kier alpha value is -1.95. The molecule has 4 rings (SSSR count). The normalized spacial score (nSPS) is 29.3. The zero-order valence-electron chi connectivity index (χ0n) is 20.3. The van der Waals surface area contributed by atoms with Gasteiger partial charge in [0.1, 0.15) is 0 Å². The Labute approximate surface area is 205 Å². The van der Waals surface area contributed by atoms with E-state index < -0.39 is 29.3 Å². The molecule has 0 radical (unpaired) electrons. The Morgan fingerprint density at radius 3 is 2.41 bits per heavy atom. The van der Waals surface area contributed by atoms with Crippen LogP contribution in [0.3, 0.4) is 0 Å². The van der Waals surface area contributed by atoms with Gasteiger partial charge >= 0.3 is 5.97 Å². The Balaban J connectivity index is 1.65. The van der Waals surface area contributed by atoms with Crippen LogP contribution in [0.25, 0.3) is 0 Å². The minimum Gasteiger partial charge on any atom is -0.481 e. The highest BCUT2D eigenvalue weighted by Gasteiger charge is 2.53. The monoisotopic (exact) mass is 493 g/mol. The summed E-state index contributed by atoms with van der Waals surface area (Å²) in [6.45, 7) is 8.56. The molecule has 0 aromatic heterocycles. The second kappa shape index (κ2) is 8.61. The lowest BCUT2D eigenvalue weighted by Crippen LogP contribution is -2.55. The number of carboxylic acids is 1. The number of amides is 1. The summed E-state index contributed by atoms with van der Waals surface area (Å²) < 4.78 is 27.1. The van der Waals surface area contributed by atoms with Crippen molar-refractivity contribution < 1.29 is 23.5 Å². The first-order chi connectivity index (χ1) is 15.7. The Kier molecular flexibility index (Phi) is 6.37. The van der Waals surface area contributed by atoms with Crippen LogP contribution in [0.2, 0.25) is 5.02 Å². The van der Waals surface area contributed by atoms with Gasteiger partial charge in [0.15, 0.2) is 0 Å². The third-order valence-electron chi connectivity index (χ3n) is 7.93. The number of carboxylic acid groups (broad SMARTS) is 1. The molecule has 3 aliphatic rings. The Bertz CT molecular complexity index is 1020. The molecule has 2 saturated carbocycles. The molecule has 2 aliphatic carbocycles. The van der Waals surface area contributed by atoms with Crippen molar-refractivity contribution in [3.05, 3.63) is 46.1 Å². The van der Waals surface area contributed by atoms with Crippen LogP contribution in [0, 0.1) is 17.3 Å². The van der Waals surface area contributed by atoms with Crippen molar-refractivity contribution >= 4 is 23.5 Å². The number of carbonyl (C=O) groups excluding carboxylic acids is 1. The Morgan fingerprint density at radius 1 is 1.24 bits per heavy atom. The molecule has 1 amide bonds. The van der Waals surface area contributed by atoms with Gasteiger partial charge in [0.2, 0.25) is 5.91 Å². The summed E-state index contributed by atoms with van der Waals surface area (Å²) in [5.74, 6) is -4.11. The predicted molar refractivity (Wildman–Crippen MR) is 128 cm³/mol. The molecule has 34 heavy (non-hydrogen) atoms. The molecule has 1 aromatic rings. The molecule has 1 aliphatic heterocycles. The maximum Gasteiger partial charge on any atom is 0.306 e. The number of allylic oxidation sites excluding steroid dienone is 1. The van der Waals surface area contributed by atoms with E-state index in [9.17, 15) is 23.5 Å². The van der Waals surface area contributed by atoms with Crippen molar-refractivity contribution in [1.82, 2.24) is 4.90 Å². The Morgan fingerprint density at radius 2 is 1.88 bits per heavy atom. The van der Waals surface area contributed by atoms with Crippen LogP contribution in [0.15, 0.2) is 30.0 Å². The van der Waals surface area contributed by atoms with Crippen LogP contribution in [-0.2, 0) is 21.4 Å². The fourth-order valence-electron chi connectivity index (χ4n) is 5.50. The number of nitrogens with zero attached hydrogens (tertiary/aromatic N) is 1. The molecule has 1 heterocycles. The van der Waals surface area contributed by atoms with Gasteiger partial charge in [-0.3, -0.25) is 9.59 Å². The van der Waals surface area contributed by atoms with Gasteiger partial charge in [0, 0.05) is 41.9 Å². The fourth-order valence-corrected chi connectivity index (χ4v) is 5.77. The zero-order valence-corrected chi connectivity index (χ0v) is 21.1. The van der Waals surface area contributed by atoms with Crippen molar-refractivity contribution in [3.63, 3.8) is 0 Å². The third kappa shape index (κ3) is 4.89. The van der Waals surface area contributed by atoms with Crippen LogP contribution < -0.4 is 0 Å². The largest absolute Gasteiger partial charge is 0.481 e. The summed E-state index contributed by atoms with van der Waals surface area (Å²) in [7, 11) is 0. The molecule has 0 spiro atoms. The lowest BCUT2D eigenvalue weighted by molar-refractivity contribution is -0.151. The molecular formula is C27H34ClF2NO3. The first-order valence-electron chi connectivity index (χ1n) is 12.1. The minimum absolute atomic E-state index is 0.00151. The lowest BCUT2D eigenvalue weighted by Gasteiger charge is -2.50. The highest BCUT2D eigenvalue weighted by atomic mass is 35.5. The van der Waals surface area contributed by atoms with E-state index in [1.807, 2.05) is 25.1 Å². The summed E-state index contributed by atoms with van der Waals surface area (Å²) in [5, 5.41) is 10.0. The quantitative estimate of drug-likeness (QED) is 0.485. The number of rotatable bonds is 6. The second-order valence-electron chi connectivity index (χ2n) is 11.9. The van der Waals surface area contributed by atoms with E-state index in [1.54, 1.807) is 6.20 Å². The molecule has 0 unspecified atom stereocenters. The zero-order chi connectivity index (χ0) is 25.1. The van der Waals surface area contributed by atoms with E-state index in [0.29, 0.717) is 17.9 Å².